The molecular weight excluding hydrogens is 356 g/mol. The molecule has 2 aromatic rings. The van der Waals surface area contributed by atoms with Gasteiger partial charge in [-0.1, -0.05) is 17.7 Å². The van der Waals surface area contributed by atoms with Crippen molar-refractivity contribution < 1.29 is 9.53 Å². The highest BCUT2D eigenvalue weighted by atomic mass is 79.9. The number of hydrogen-bond acceptors (Lipinski definition) is 3. The van der Waals surface area contributed by atoms with Crippen molar-refractivity contribution >= 4 is 39.3 Å². The fourth-order valence-corrected chi connectivity index (χ4v) is 2.04. The average Bonchev–Trinajstić information content (AvgIpc) is 2.43. The summed E-state index contributed by atoms with van der Waals surface area (Å²) in [5.41, 5.74) is 0.802. The van der Waals surface area contributed by atoms with Crippen LogP contribution in [0.25, 0.3) is 0 Å². The molecule has 0 aliphatic carbocycles. The molecule has 6 heteroatoms. The molecule has 1 aromatic carbocycles. The van der Waals surface area contributed by atoms with Gasteiger partial charge in [-0.25, -0.2) is 4.98 Å². The summed E-state index contributed by atoms with van der Waals surface area (Å²) in [6.07, 6.45) is -0.658. The molecule has 0 spiro atoms. The van der Waals surface area contributed by atoms with E-state index in [4.69, 9.17) is 16.3 Å². The summed E-state index contributed by atoms with van der Waals surface area (Å²) >= 11 is 9.24. The molecule has 1 unspecified atom stereocenters. The van der Waals surface area contributed by atoms with Crippen LogP contribution in [-0.4, -0.2) is 17.0 Å². The van der Waals surface area contributed by atoms with Crippen LogP contribution in [0.1, 0.15) is 12.6 Å². The van der Waals surface area contributed by atoms with Crippen molar-refractivity contribution in [1.82, 2.24) is 4.98 Å². The van der Waals surface area contributed by atoms with Crippen molar-refractivity contribution in [2.45, 2.75) is 20.0 Å². The van der Waals surface area contributed by atoms with Crippen LogP contribution in [-0.2, 0) is 4.79 Å². The molecule has 21 heavy (non-hydrogen) atoms. The highest BCUT2D eigenvalue weighted by Crippen LogP contribution is 2.19. The van der Waals surface area contributed by atoms with Gasteiger partial charge in [0, 0.05) is 9.50 Å². The number of carbonyl (C=O) groups is 1. The topological polar surface area (TPSA) is 51.2 Å². The van der Waals surface area contributed by atoms with Gasteiger partial charge in [0.15, 0.2) is 6.10 Å². The molecule has 0 saturated carbocycles. The Labute approximate surface area is 136 Å². The second kappa shape index (κ2) is 6.91. The van der Waals surface area contributed by atoms with Crippen molar-refractivity contribution in [3.8, 4) is 5.75 Å². The zero-order chi connectivity index (χ0) is 15.4. The number of anilines is 1. The first-order chi connectivity index (χ1) is 9.95. The second-order valence-electron chi connectivity index (χ2n) is 4.47. The molecule has 0 saturated heterocycles. The van der Waals surface area contributed by atoms with Gasteiger partial charge in [0.2, 0.25) is 0 Å². The molecular formula is C15H14BrClN2O2. The highest BCUT2D eigenvalue weighted by Gasteiger charge is 2.15. The Kier molecular flexibility index (Phi) is 5.20. The Morgan fingerprint density at radius 1 is 1.38 bits per heavy atom. The van der Waals surface area contributed by atoms with E-state index in [1.54, 1.807) is 37.3 Å². The van der Waals surface area contributed by atoms with Crippen molar-refractivity contribution in [2.24, 2.45) is 0 Å². The van der Waals surface area contributed by atoms with Gasteiger partial charge in [0.05, 0.1) is 5.69 Å². The number of amides is 1. The Bertz CT molecular complexity index is 664. The van der Waals surface area contributed by atoms with Crippen LogP contribution in [0, 0.1) is 6.92 Å². The minimum absolute atomic E-state index is 0.274. The first-order valence-corrected chi connectivity index (χ1v) is 7.49. The molecule has 0 aliphatic rings. The van der Waals surface area contributed by atoms with Crippen LogP contribution in [0.2, 0.25) is 5.02 Å². The Hall–Kier alpha value is -1.59. The number of carbonyl (C=O) groups excluding carboxylic acids is 1. The van der Waals surface area contributed by atoms with Gasteiger partial charge in [0.1, 0.15) is 11.6 Å². The van der Waals surface area contributed by atoms with E-state index in [0.29, 0.717) is 16.6 Å². The summed E-state index contributed by atoms with van der Waals surface area (Å²) in [5.74, 6) is 0.761. The number of halogens is 2. The quantitative estimate of drug-likeness (QED) is 0.878. The molecule has 1 atom stereocenters. The number of nitrogens with zero attached hydrogens (tertiary/aromatic N) is 1. The van der Waals surface area contributed by atoms with Gasteiger partial charge < -0.3 is 10.1 Å². The molecule has 2 rings (SSSR count). The first-order valence-electron chi connectivity index (χ1n) is 6.32. The van der Waals surface area contributed by atoms with Gasteiger partial charge in [-0.05, 0) is 60.1 Å². The average molecular weight is 370 g/mol. The minimum Gasteiger partial charge on any atom is -0.481 e. The fourth-order valence-electron chi connectivity index (χ4n) is 1.64. The lowest BCUT2D eigenvalue weighted by Crippen LogP contribution is -2.30. The molecule has 1 amide bonds. The van der Waals surface area contributed by atoms with Crippen LogP contribution in [0.4, 0.5) is 5.82 Å². The number of rotatable bonds is 4. The number of nitrogens with one attached hydrogen (secondary N) is 1. The lowest BCUT2D eigenvalue weighted by molar-refractivity contribution is -0.122. The molecule has 1 heterocycles. The summed E-state index contributed by atoms with van der Waals surface area (Å²) < 4.78 is 6.44. The van der Waals surface area contributed by atoms with Crippen LogP contribution in [0.3, 0.4) is 0 Å². The summed E-state index contributed by atoms with van der Waals surface area (Å²) in [5, 5.41) is 3.28. The third-order valence-corrected chi connectivity index (χ3v) is 3.82. The first kappa shape index (κ1) is 15.8. The van der Waals surface area contributed by atoms with Gasteiger partial charge in [-0.15, -0.1) is 0 Å². The lowest BCUT2D eigenvalue weighted by Gasteiger charge is -2.14. The minimum atomic E-state index is -0.658. The number of pyridine rings is 1. The molecule has 0 radical (unpaired) electrons. The molecule has 1 N–H and O–H groups in total. The number of ether oxygens (including phenoxy) is 1. The Balaban J connectivity index is 2.00. The summed E-state index contributed by atoms with van der Waals surface area (Å²) in [7, 11) is 0. The summed E-state index contributed by atoms with van der Waals surface area (Å²) in [4.78, 5) is 16.3. The van der Waals surface area contributed by atoms with Crippen LogP contribution in [0.5, 0.6) is 5.75 Å². The second-order valence-corrected chi connectivity index (χ2v) is 5.76. The molecule has 110 valence electrons. The van der Waals surface area contributed by atoms with E-state index in [1.165, 1.54) is 0 Å². The number of aryl methyl sites for hydroxylation is 1. The van der Waals surface area contributed by atoms with Crippen molar-refractivity contribution in [2.75, 3.05) is 5.32 Å². The van der Waals surface area contributed by atoms with Gasteiger partial charge in [-0.3, -0.25) is 4.79 Å². The van der Waals surface area contributed by atoms with Crippen molar-refractivity contribution in [3.63, 3.8) is 0 Å². The molecule has 1 aromatic heterocycles. The maximum Gasteiger partial charge on any atom is 0.266 e. The van der Waals surface area contributed by atoms with Gasteiger partial charge >= 0.3 is 0 Å². The molecule has 4 nitrogen and oxygen atoms in total. The normalized spacial score (nSPS) is 11.8. The SMILES string of the molecule is Cc1nc(NC(=O)C(C)Oc2cccc(Cl)c2)ccc1Br. The maximum atomic E-state index is 12.1. The van der Waals surface area contributed by atoms with E-state index >= 15 is 0 Å². The Morgan fingerprint density at radius 3 is 2.81 bits per heavy atom. The maximum absolute atomic E-state index is 12.1. The number of hydrogen-bond donors (Lipinski definition) is 1. The van der Waals surface area contributed by atoms with Crippen molar-refractivity contribution in [3.05, 3.63) is 51.6 Å². The standard InChI is InChI=1S/C15H14BrClN2O2/c1-9-13(16)6-7-14(18-9)19-15(20)10(2)21-12-5-3-4-11(17)8-12/h3-8,10H,1-2H3,(H,18,19,20). The number of benzene rings is 1. The smallest absolute Gasteiger partial charge is 0.266 e. The van der Waals surface area contributed by atoms with E-state index in [-0.39, 0.29) is 5.91 Å². The van der Waals surface area contributed by atoms with Crippen LogP contribution < -0.4 is 10.1 Å². The monoisotopic (exact) mass is 368 g/mol. The molecule has 0 bridgehead atoms. The fraction of sp³-hybridized carbons (Fsp3) is 0.200. The number of aromatic nitrogens is 1. The summed E-state index contributed by atoms with van der Waals surface area (Å²) in [6, 6.07) is 10.5. The van der Waals surface area contributed by atoms with E-state index < -0.39 is 6.10 Å². The predicted molar refractivity (Wildman–Crippen MR) is 86.8 cm³/mol. The van der Waals surface area contributed by atoms with Gasteiger partial charge in [0.25, 0.3) is 5.91 Å². The Morgan fingerprint density at radius 2 is 2.14 bits per heavy atom. The van der Waals surface area contributed by atoms with E-state index in [9.17, 15) is 4.79 Å². The zero-order valence-electron chi connectivity index (χ0n) is 11.6. The zero-order valence-corrected chi connectivity index (χ0v) is 13.9. The van der Waals surface area contributed by atoms with E-state index in [2.05, 4.69) is 26.2 Å². The summed E-state index contributed by atoms with van der Waals surface area (Å²) in [6.45, 7) is 3.52. The van der Waals surface area contributed by atoms with Crippen LogP contribution in [0.15, 0.2) is 40.9 Å². The van der Waals surface area contributed by atoms with Crippen molar-refractivity contribution in [1.29, 1.82) is 0 Å². The lowest BCUT2D eigenvalue weighted by atomic mass is 10.3. The largest absolute Gasteiger partial charge is 0.481 e. The molecule has 0 fully saturated rings. The molecule has 0 aliphatic heterocycles. The van der Waals surface area contributed by atoms with Crippen LogP contribution >= 0.6 is 27.5 Å². The van der Waals surface area contributed by atoms with Gasteiger partial charge in [-0.2, -0.15) is 0 Å². The highest BCUT2D eigenvalue weighted by molar-refractivity contribution is 9.10. The van der Waals surface area contributed by atoms with E-state index in [1.807, 2.05) is 13.0 Å². The van der Waals surface area contributed by atoms with E-state index in [0.717, 1.165) is 10.2 Å². The third kappa shape index (κ3) is 4.44. The third-order valence-electron chi connectivity index (χ3n) is 2.75. The predicted octanol–water partition coefficient (Wildman–Crippen LogP) is 4.21.